The second kappa shape index (κ2) is 7.33. The molecule has 0 spiro atoms. The Hall–Kier alpha value is -3.61. The van der Waals surface area contributed by atoms with Crippen LogP contribution in [0.15, 0.2) is 48.5 Å². The number of ketones is 1. The van der Waals surface area contributed by atoms with Gasteiger partial charge in [0.15, 0.2) is 6.10 Å². The van der Waals surface area contributed by atoms with Crippen molar-refractivity contribution in [3.8, 4) is 0 Å². The zero-order valence-electron chi connectivity index (χ0n) is 14.9. The predicted molar refractivity (Wildman–Crippen MR) is 103 cm³/mol. The Morgan fingerprint density at radius 3 is 2.48 bits per heavy atom. The molecule has 3 aromatic rings. The largest absolute Gasteiger partial charge is 0.450 e. The molecule has 0 fully saturated rings. The normalized spacial score (nSPS) is 11.8. The van der Waals surface area contributed by atoms with Crippen molar-refractivity contribution >= 4 is 39.9 Å². The number of Topliss-reactive ketones (excluding diaryl/α,β-unsaturated/α-hetero) is 1. The maximum atomic E-state index is 12.7. The number of hydrogen-bond donors (Lipinski definition) is 3. The van der Waals surface area contributed by atoms with E-state index in [1.165, 1.54) is 13.8 Å². The van der Waals surface area contributed by atoms with Gasteiger partial charge >= 0.3 is 5.97 Å². The molecule has 2 aromatic carbocycles. The number of amides is 1. The summed E-state index contributed by atoms with van der Waals surface area (Å²) < 4.78 is 5.33. The summed E-state index contributed by atoms with van der Waals surface area (Å²) in [7, 11) is 0. The number of aromatic nitrogens is 1. The number of carbonyl (C=O) groups is 3. The smallest absolute Gasteiger partial charge is 0.357 e. The number of nitrogens with one attached hydrogen (secondary N) is 2. The van der Waals surface area contributed by atoms with Crippen LogP contribution in [0.2, 0.25) is 0 Å². The van der Waals surface area contributed by atoms with E-state index >= 15 is 0 Å². The van der Waals surface area contributed by atoms with Gasteiger partial charge in [-0.15, -0.1) is 0 Å². The van der Waals surface area contributed by atoms with E-state index in [4.69, 9.17) is 10.5 Å². The predicted octanol–water partition coefficient (Wildman–Crippen LogP) is 3.14. The van der Waals surface area contributed by atoms with Gasteiger partial charge in [-0.25, -0.2) is 4.79 Å². The zero-order chi connectivity index (χ0) is 19.6. The molecule has 0 saturated carbocycles. The van der Waals surface area contributed by atoms with Crippen LogP contribution >= 0.6 is 0 Å². The molecule has 1 unspecified atom stereocenters. The number of esters is 1. The van der Waals surface area contributed by atoms with Gasteiger partial charge in [0.1, 0.15) is 5.69 Å². The number of H-pyrrole nitrogens is 1. The lowest BCUT2D eigenvalue weighted by Gasteiger charge is -2.12. The van der Waals surface area contributed by atoms with E-state index < -0.39 is 12.1 Å². The third kappa shape index (κ3) is 3.82. The van der Waals surface area contributed by atoms with E-state index in [1.807, 2.05) is 0 Å². The Morgan fingerprint density at radius 1 is 1.11 bits per heavy atom. The van der Waals surface area contributed by atoms with Crippen LogP contribution in [-0.4, -0.2) is 28.7 Å². The number of nitrogen functional groups attached to an aromatic ring is 1. The molecule has 0 aliphatic carbocycles. The zero-order valence-corrected chi connectivity index (χ0v) is 14.9. The van der Waals surface area contributed by atoms with E-state index in [9.17, 15) is 14.4 Å². The van der Waals surface area contributed by atoms with Gasteiger partial charge in [0.2, 0.25) is 11.7 Å². The molecule has 3 rings (SSSR count). The first-order valence-corrected chi connectivity index (χ1v) is 8.36. The molecule has 1 aromatic heterocycles. The Morgan fingerprint density at radius 2 is 1.81 bits per heavy atom. The van der Waals surface area contributed by atoms with E-state index in [2.05, 4.69) is 10.3 Å². The first-order chi connectivity index (χ1) is 12.9. The minimum atomic E-state index is -0.985. The summed E-state index contributed by atoms with van der Waals surface area (Å²) >= 11 is 0. The molecule has 0 radical (unpaired) electrons. The molecule has 0 bridgehead atoms. The fourth-order valence-corrected chi connectivity index (χ4v) is 2.78. The Bertz CT molecular complexity index is 1020. The van der Waals surface area contributed by atoms with Crippen LogP contribution in [0.5, 0.6) is 0 Å². The van der Waals surface area contributed by atoms with Gasteiger partial charge < -0.3 is 20.8 Å². The summed E-state index contributed by atoms with van der Waals surface area (Å²) in [5.74, 6) is -1.41. The average Bonchev–Trinajstić information content (AvgIpc) is 2.99. The van der Waals surface area contributed by atoms with Crippen molar-refractivity contribution in [3.63, 3.8) is 0 Å². The Labute approximate surface area is 155 Å². The van der Waals surface area contributed by atoms with E-state index in [1.54, 1.807) is 48.5 Å². The summed E-state index contributed by atoms with van der Waals surface area (Å²) in [6.45, 7) is 2.84. The number of carbonyl (C=O) groups excluding carboxylic acids is 3. The number of anilines is 2. The van der Waals surface area contributed by atoms with Crippen LogP contribution in [0.3, 0.4) is 0 Å². The van der Waals surface area contributed by atoms with Crippen molar-refractivity contribution in [1.82, 2.24) is 4.98 Å². The molecule has 0 aliphatic rings. The van der Waals surface area contributed by atoms with Crippen LogP contribution in [0.1, 0.15) is 34.7 Å². The maximum Gasteiger partial charge on any atom is 0.357 e. The van der Waals surface area contributed by atoms with E-state index in [-0.39, 0.29) is 23.1 Å². The lowest BCUT2D eigenvalue weighted by Crippen LogP contribution is -2.25. The number of fused-ring (bicyclic) bond motifs is 1. The van der Waals surface area contributed by atoms with Crippen molar-refractivity contribution < 1.29 is 19.1 Å². The standard InChI is InChI=1S/C20H19N3O4/c1-11(19(25)13-6-4-3-5-7-13)27-20(26)18-17(22-12(2)24)15-10-14(21)8-9-16(15)23-18/h3-11,23H,21H2,1-2H3,(H,22,24). The van der Waals surface area contributed by atoms with Crippen LogP contribution in [0.25, 0.3) is 10.9 Å². The van der Waals surface area contributed by atoms with Gasteiger partial charge in [-0.2, -0.15) is 0 Å². The minimum absolute atomic E-state index is 0.0542. The number of rotatable bonds is 5. The molecule has 0 saturated heterocycles. The molecule has 1 heterocycles. The van der Waals surface area contributed by atoms with Gasteiger partial charge in [-0.3, -0.25) is 9.59 Å². The van der Waals surface area contributed by atoms with Crippen LogP contribution < -0.4 is 11.1 Å². The van der Waals surface area contributed by atoms with E-state index in [0.717, 1.165) is 0 Å². The third-order valence-corrected chi connectivity index (χ3v) is 4.04. The summed E-state index contributed by atoms with van der Waals surface area (Å²) in [6, 6.07) is 13.6. The van der Waals surface area contributed by atoms with Crippen LogP contribution in [0.4, 0.5) is 11.4 Å². The molecular weight excluding hydrogens is 346 g/mol. The number of benzene rings is 2. The van der Waals surface area contributed by atoms with Gasteiger partial charge in [-0.05, 0) is 25.1 Å². The molecule has 4 N–H and O–H groups in total. The van der Waals surface area contributed by atoms with Crippen LogP contribution in [0, 0.1) is 0 Å². The Kier molecular flexibility index (Phi) is 4.94. The molecule has 1 atom stereocenters. The molecule has 7 nitrogen and oxygen atoms in total. The fraction of sp³-hybridized carbons (Fsp3) is 0.150. The highest BCUT2D eigenvalue weighted by Gasteiger charge is 2.25. The van der Waals surface area contributed by atoms with Gasteiger partial charge in [0.05, 0.1) is 5.69 Å². The first-order valence-electron chi connectivity index (χ1n) is 8.36. The summed E-state index contributed by atoms with van der Waals surface area (Å²) in [4.78, 5) is 39.6. The lowest BCUT2D eigenvalue weighted by molar-refractivity contribution is -0.114. The van der Waals surface area contributed by atoms with E-state index in [0.29, 0.717) is 22.2 Å². The average molecular weight is 365 g/mol. The first kappa shape index (κ1) is 18.2. The van der Waals surface area contributed by atoms with Crippen molar-refractivity contribution in [1.29, 1.82) is 0 Å². The highest BCUT2D eigenvalue weighted by atomic mass is 16.5. The Balaban J connectivity index is 1.91. The van der Waals surface area contributed by atoms with Crippen molar-refractivity contribution in [2.45, 2.75) is 20.0 Å². The maximum absolute atomic E-state index is 12.7. The van der Waals surface area contributed by atoms with Crippen LogP contribution in [-0.2, 0) is 9.53 Å². The van der Waals surface area contributed by atoms with Gasteiger partial charge in [0, 0.05) is 29.1 Å². The molecule has 7 heteroatoms. The SMILES string of the molecule is CC(=O)Nc1c(C(=O)OC(C)C(=O)c2ccccc2)[nH]c2ccc(N)cc12. The monoisotopic (exact) mass is 365 g/mol. The van der Waals surface area contributed by atoms with Crippen molar-refractivity contribution in [2.24, 2.45) is 0 Å². The molecule has 27 heavy (non-hydrogen) atoms. The minimum Gasteiger partial charge on any atom is -0.450 e. The van der Waals surface area contributed by atoms with Crippen molar-refractivity contribution in [2.75, 3.05) is 11.1 Å². The number of hydrogen-bond acceptors (Lipinski definition) is 5. The molecule has 1 amide bonds. The highest BCUT2D eigenvalue weighted by molar-refractivity contribution is 6.11. The lowest BCUT2D eigenvalue weighted by atomic mass is 10.1. The topological polar surface area (TPSA) is 114 Å². The number of ether oxygens (including phenoxy) is 1. The van der Waals surface area contributed by atoms with Crippen molar-refractivity contribution in [3.05, 3.63) is 59.8 Å². The summed E-state index contributed by atoms with van der Waals surface area (Å²) in [5.41, 5.74) is 7.68. The number of aromatic amines is 1. The molecule has 138 valence electrons. The summed E-state index contributed by atoms with van der Waals surface area (Å²) in [5, 5.41) is 3.21. The quantitative estimate of drug-likeness (QED) is 0.365. The number of nitrogens with two attached hydrogens (primary N) is 1. The molecular formula is C20H19N3O4. The second-order valence-electron chi connectivity index (χ2n) is 6.14. The third-order valence-electron chi connectivity index (χ3n) is 4.04. The summed E-state index contributed by atoms with van der Waals surface area (Å²) in [6.07, 6.45) is -0.985. The fourth-order valence-electron chi connectivity index (χ4n) is 2.78. The molecule has 0 aliphatic heterocycles. The second-order valence-corrected chi connectivity index (χ2v) is 6.14. The van der Waals surface area contributed by atoms with Gasteiger partial charge in [-0.1, -0.05) is 30.3 Å². The highest BCUT2D eigenvalue weighted by Crippen LogP contribution is 2.30. The van der Waals surface area contributed by atoms with Gasteiger partial charge in [0.25, 0.3) is 0 Å².